The van der Waals surface area contributed by atoms with Crippen molar-refractivity contribution in [3.63, 3.8) is 0 Å². The first-order chi connectivity index (χ1) is 2.64. The van der Waals surface area contributed by atoms with Crippen LogP contribution in [0.4, 0.5) is 0 Å². The number of rotatable bonds is 0. The molecule has 1 amide bonds. The molecule has 6 heavy (non-hydrogen) atoms. The molecule has 0 saturated carbocycles. The Bertz CT molecular complexity index is 61.8. The predicted molar refractivity (Wildman–Crippen MR) is 27.1 cm³/mol. The molecule has 0 fully saturated rings. The van der Waals surface area contributed by atoms with Crippen molar-refractivity contribution in [3.8, 4) is 0 Å². The summed E-state index contributed by atoms with van der Waals surface area (Å²) >= 11 is 2.86. The fourth-order valence-corrected chi connectivity index (χ4v) is 0. The number of carbonyl (C=O) groups is 1. The standard InChI is InChI=1S/C3H5BrNO/c1-3(6)5(2)4/h1H2,2H3/q+1. The summed E-state index contributed by atoms with van der Waals surface area (Å²) < 4.78 is 1.23. The van der Waals surface area contributed by atoms with E-state index < -0.39 is 0 Å². The molecule has 0 aliphatic heterocycles. The maximum atomic E-state index is 9.91. The van der Waals surface area contributed by atoms with Crippen LogP contribution in [0.2, 0.25) is 0 Å². The van der Waals surface area contributed by atoms with E-state index in [1.54, 1.807) is 7.05 Å². The van der Waals surface area contributed by atoms with Gasteiger partial charge in [0.2, 0.25) is 0 Å². The van der Waals surface area contributed by atoms with Crippen molar-refractivity contribution >= 4 is 22.1 Å². The number of hydrogen-bond donors (Lipinski definition) is 0. The minimum atomic E-state index is -0.241. The average Bonchev–Trinajstić information content (AvgIpc) is 1.36. The van der Waals surface area contributed by atoms with E-state index in [0.717, 1.165) is 0 Å². The minimum Gasteiger partial charge on any atom is -0.241 e. The first-order valence-corrected chi connectivity index (χ1v) is 2.11. The third kappa shape index (κ3) is 2.08. The van der Waals surface area contributed by atoms with Gasteiger partial charge in [-0.3, -0.25) is 0 Å². The van der Waals surface area contributed by atoms with E-state index in [1.807, 2.05) is 0 Å². The van der Waals surface area contributed by atoms with Crippen molar-refractivity contribution < 1.29 is 4.79 Å². The smallest absolute Gasteiger partial charge is 0.241 e. The first-order valence-electron chi connectivity index (χ1n) is 1.40. The third-order valence-corrected chi connectivity index (χ3v) is 0.739. The van der Waals surface area contributed by atoms with Crippen LogP contribution in [0.25, 0.3) is 0 Å². The molecule has 0 saturated heterocycles. The Morgan fingerprint density at radius 1 is 2.00 bits per heavy atom. The van der Waals surface area contributed by atoms with E-state index in [0.29, 0.717) is 0 Å². The van der Waals surface area contributed by atoms with Gasteiger partial charge in [0.05, 0.1) is 16.1 Å². The van der Waals surface area contributed by atoms with Gasteiger partial charge < -0.3 is 0 Å². The van der Waals surface area contributed by atoms with E-state index in [2.05, 4.69) is 23.1 Å². The third-order valence-electron chi connectivity index (χ3n) is 0.344. The zero-order chi connectivity index (χ0) is 5.15. The van der Waals surface area contributed by atoms with Gasteiger partial charge in [-0.05, 0) is 0 Å². The second kappa shape index (κ2) is 2.08. The molecule has 0 spiro atoms. The molecular formula is C3H5BrNO+. The number of hydrogen-bond acceptors (Lipinski definition) is 1. The van der Waals surface area contributed by atoms with Crippen LogP contribution < -0.4 is 0 Å². The van der Waals surface area contributed by atoms with Gasteiger partial charge in [0.1, 0.15) is 0 Å². The van der Waals surface area contributed by atoms with Crippen molar-refractivity contribution in [2.45, 2.75) is 0 Å². The SMILES string of the molecule is [CH2+]C(=O)N(C)Br. The Balaban J connectivity index is 3.26. The van der Waals surface area contributed by atoms with Crippen LogP contribution in [0, 0.1) is 6.92 Å². The van der Waals surface area contributed by atoms with Gasteiger partial charge in [0, 0.05) is 7.05 Å². The largest absolute Gasteiger partial charge is 0.411 e. The van der Waals surface area contributed by atoms with Crippen LogP contribution in [0.5, 0.6) is 0 Å². The molecule has 0 radical (unpaired) electrons. The highest BCUT2D eigenvalue weighted by Crippen LogP contribution is 1.88. The maximum absolute atomic E-state index is 9.91. The molecule has 0 heterocycles. The lowest BCUT2D eigenvalue weighted by molar-refractivity contribution is -0.120. The summed E-state index contributed by atoms with van der Waals surface area (Å²) in [4.78, 5) is 9.91. The lowest BCUT2D eigenvalue weighted by atomic mass is 10.7. The molecular weight excluding hydrogens is 146 g/mol. The summed E-state index contributed by atoms with van der Waals surface area (Å²) in [6, 6.07) is 0. The van der Waals surface area contributed by atoms with E-state index >= 15 is 0 Å². The van der Waals surface area contributed by atoms with Crippen molar-refractivity contribution in [2.24, 2.45) is 0 Å². The Kier molecular flexibility index (Phi) is 2.01. The fourth-order valence-electron chi connectivity index (χ4n) is 0. The second-order valence-corrected chi connectivity index (χ2v) is 1.93. The van der Waals surface area contributed by atoms with Crippen molar-refractivity contribution in [3.05, 3.63) is 6.92 Å². The van der Waals surface area contributed by atoms with Crippen molar-refractivity contribution in [1.29, 1.82) is 0 Å². The molecule has 0 aromatic heterocycles. The monoisotopic (exact) mass is 150 g/mol. The number of amides is 1. The lowest BCUT2D eigenvalue weighted by Gasteiger charge is -1.91. The van der Waals surface area contributed by atoms with Gasteiger partial charge in [0.15, 0.2) is 6.92 Å². The van der Waals surface area contributed by atoms with Crippen LogP contribution in [0.3, 0.4) is 0 Å². The molecule has 3 heteroatoms. The Hall–Kier alpha value is -0.180. The van der Waals surface area contributed by atoms with Crippen LogP contribution in [-0.4, -0.2) is 16.9 Å². The molecule has 0 bridgehead atoms. The molecule has 0 N–H and O–H groups in total. The number of carbonyl (C=O) groups excluding carboxylic acids is 1. The molecule has 0 aromatic rings. The lowest BCUT2D eigenvalue weighted by Crippen LogP contribution is -2.09. The molecule has 0 atom stereocenters. The molecule has 0 unspecified atom stereocenters. The fraction of sp³-hybridized carbons (Fsp3) is 0.333. The molecule has 0 aromatic carbocycles. The number of nitrogens with zero attached hydrogens (tertiary/aromatic N) is 1. The summed E-state index contributed by atoms with van der Waals surface area (Å²) in [7, 11) is 1.58. The molecule has 34 valence electrons. The van der Waals surface area contributed by atoms with Crippen molar-refractivity contribution in [2.75, 3.05) is 7.05 Å². The van der Waals surface area contributed by atoms with Gasteiger partial charge in [-0.2, -0.15) is 0 Å². The second-order valence-electron chi connectivity index (χ2n) is 0.871. The van der Waals surface area contributed by atoms with Gasteiger partial charge in [0.25, 0.3) is 0 Å². The van der Waals surface area contributed by atoms with Crippen LogP contribution in [0.15, 0.2) is 0 Å². The topological polar surface area (TPSA) is 20.3 Å². The summed E-state index contributed by atoms with van der Waals surface area (Å²) in [6.45, 7) is 3.08. The minimum absolute atomic E-state index is 0.241. The zero-order valence-corrected chi connectivity index (χ0v) is 5.03. The molecule has 0 aliphatic carbocycles. The number of halogens is 1. The zero-order valence-electron chi connectivity index (χ0n) is 3.44. The highest BCUT2D eigenvalue weighted by atomic mass is 79.9. The van der Waals surface area contributed by atoms with Gasteiger partial charge in [-0.15, -0.1) is 0 Å². The van der Waals surface area contributed by atoms with Crippen LogP contribution in [0.1, 0.15) is 0 Å². The maximum Gasteiger partial charge on any atom is 0.411 e. The first kappa shape index (κ1) is 5.82. The Morgan fingerprint density at radius 3 is 2.17 bits per heavy atom. The van der Waals surface area contributed by atoms with Crippen LogP contribution >= 0.6 is 16.1 Å². The average molecular weight is 151 g/mol. The highest BCUT2D eigenvalue weighted by Gasteiger charge is 2.00. The van der Waals surface area contributed by atoms with E-state index in [-0.39, 0.29) is 5.91 Å². The quantitative estimate of drug-likeness (QED) is 0.366. The summed E-state index contributed by atoms with van der Waals surface area (Å²) in [5.41, 5.74) is 0. The van der Waals surface area contributed by atoms with Gasteiger partial charge in [-0.1, -0.05) is 0 Å². The van der Waals surface area contributed by atoms with E-state index in [1.165, 1.54) is 3.93 Å². The van der Waals surface area contributed by atoms with E-state index in [4.69, 9.17) is 0 Å². The summed E-state index contributed by atoms with van der Waals surface area (Å²) in [6.07, 6.45) is 0. The molecule has 0 rings (SSSR count). The highest BCUT2D eigenvalue weighted by molar-refractivity contribution is 9.07. The van der Waals surface area contributed by atoms with Crippen LogP contribution in [-0.2, 0) is 4.79 Å². The van der Waals surface area contributed by atoms with Gasteiger partial charge >= 0.3 is 5.91 Å². The van der Waals surface area contributed by atoms with E-state index in [9.17, 15) is 4.79 Å². The summed E-state index contributed by atoms with van der Waals surface area (Å²) in [5, 5.41) is 0. The van der Waals surface area contributed by atoms with Crippen molar-refractivity contribution in [1.82, 2.24) is 3.93 Å². The van der Waals surface area contributed by atoms with Gasteiger partial charge in [-0.25, -0.2) is 8.72 Å². The normalized spacial score (nSPS) is 7.67. The molecule has 0 aliphatic rings. The predicted octanol–water partition coefficient (Wildman–Crippen LogP) is 0.589. The Morgan fingerprint density at radius 2 is 2.17 bits per heavy atom. The summed E-state index contributed by atoms with van der Waals surface area (Å²) in [5.74, 6) is -0.241. The molecule has 2 nitrogen and oxygen atoms in total. The Labute approximate surface area is 45.5 Å².